The third-order valence-corrected chi connectivity index (χ3v) is 7.22. The number of thiophene rings is 1. The van der Waals surface area contributed by atoms with Crippen LogP contribution in [0.5, 0.6) is 0 Å². The Morgan fingerprint density at radius 3 is 2.81 bits per heavy atom. The van der Waals surface area contributed by atoms with Crippen molar-refractivity contribution in [2.75, 3.05) is 12.8 Å². The first-order valence-electron chi connectivity index (χ1n) is 8.05. The number of unbranched alkanes of at least 4 members (excludes halogenated alkanes) is 1. The first kappa shape index (κ1) is 21.7. The average Bonchev–Trinajstić information content (AvgIpc) is 3.18. The second-order valence-electron chi connectivity index (χ2n) is 5.48. The predicted octanol–water partition coefficient (Wildman–Crippen LogP) is 1.21. The lowest BCUT2D eigenvalue weighted by atomic mass is 10.1. The second-order valence-corrected chi connectivity index (χ2v) is 9.28. The van der Waals surface area contributed by atoms with E-state index in [1.807, 2.05) is 6.26 Å². The van der Waals surface area contributed by atoms with Gasteiger partial charge in [-0.3, -0.25) is 10.0 Å². The molecule has 0 saturated carbocycles. The van der Waals surface area contributed by atoms with Gasteiger partial charge >= 0.3 is 0 Å². The van der Waals surface area contributed by atoms with E-state index in [2.05, 4.69) is 14.7 Å². The van der Waals surface area contributed by atoms with Crippen LogP contribution in [0.2, 0.25) is 0 Å². The molecule has 5 N–H and O–H groups in total. The van der Waals surface area contributed by atoms with Crippen LogP contribution in [0, 0.1) is 0 Å². The van der Waals surface area contributed by atoms with Gasteiger partial charge in [0.15, 0.2) is 5.16 Å². The molecule has 0 aliphatic heterocycles. The minimum absolute atomic E-state index is 0.0522. The lowest BCUT2D eigenvalue weighted by Gasteiger charge is -2.16. The summed E-state index contributed by atoms with van der Waals surface area (Å²) in [6.45, 7) is 0.436. The summed E-state index contributed by atoms with van der Waals surface area (Å²) >= 11 is 2.43. The van der Waals surface area contributed by atoms with Crippen LogP contribution in [0.15, 0.2) is 33.8 Å². The first-order chi connectivity index (χ1) is 12.9. The highest BCUT2D eigenvalue weighted by atomic mass is 32.2. The van der Waals surface area contributed by atoms with Gasteiger partial charge in [-0.05, 0) is 43.8 Å². The fourth-order valence-corrected chi connectivity index (χ4v) is 5.12. The van der Waals surface area contributed by atoms with E-state index in [4.69, 9.17) is 10.9 Å². The number of carbonyl (C=O) groups excluding carboxylic acids is 1. The molecular weight excluding hydrogens is 410 g/mol. The number of nitrogens with zero attached hydrogens (tertiary/aromatic N) is 2. The van der Waals surface area contributed by atoms with Crippen LogP contribution in [-0.4, -0.2) is 48.3 Å². The van der Waals surface area contributed by atoms with Crippen molar-refractivity contribution in [3.8, 4) is 10.6 Å². The van der Waals surface area contributed by atoms with Gasteiger partial charge in [-0.2, -0.15) is 4.72 Å². The molecule has 2 heterocycles. The Balaban J connectivity index is 2.20. The minimum Gasteiger partial charge on any atom is -0.330 e. The quantitative estimate of drug-likeness (QED) is 0.144. The van der Waals surface area contributed by atoms with Crippen molar-refractivity contribution >= 4 is 39.0 Å². The minimum atomic E-state index is -3.94. The van der Waals surface area contributed by atoms with Crippen LogP contribution < -0.4 is 15.9 Å². The Bertz CT molecular complexity index is 872. The van der Waals surface area contributed by atoms with E-state index < -0.39 is 22.0 Å². The van der Waals surface area contributed by atoms with Gasteiger partial charge in [0.05, 0.1) is 10.6 Å². The molecular formula is C15H21N5O4S3. The standard InChI is InChI=1S/C15H21N5O4S3/c1-25-15-17-9-7-10(18-15)12-5-6-13(26-12)27(23,24)20-11(14(21)19-22)4-2-3-8-16/h5-7,9,11,20,22H,2-4,8,16H2,1H3,(H,19,21). The molecule has 0 bridgehead atoms. The maximum atomic E-state index is 12.6. The number of nitrogens with one attached hydrogen (secondary N) is 2. The molecule has 9 nitrogen and oxygen atoms in total. The van der Waals surface area contributed by atoms with Crippen molar-refractivity contribution in [1.82, 2.24) is 20.2 Å². The van der Waals surface area contributed by atoms with Crippen molar-refractivity contribution in [2.24, 2.45) is 5.73 Å². The molecule has 1 unspecified atom stereocenters. The fraction of sp³-hybridized carbons (Fsp3) is 0.400. The number of carbonyl (C=O) groups is 1. The van der Waals surface area contributed by atoms with Crippen molar-refractivity contribution in [1.29, 1.82) is 0 Å². The van der Waals surface area contributed by atoms with Gasteiger partial charge in [0.25, 0.3) is 15.9 Å². The van der Waals surface area contributed by atoms with Crippen LogP contribution >= 0.6 is 23.1 Å². The molecule has 0 aliphatic rings. The third kappa shape index (κ3) is 5.96. The molecule has 27 heavy (non-hydrogen) atoms. The number of amides is 1. The summed E-state index contributed by atoms with van der Waals surface area (Å²) in [4.78, 5) is 20.9. The Hall–Kier alpha value is -1.57. The molecule has 1 atom stereocenters. The molecule has 0 saturated heterocycles. The van der Waals surface area contributed by atoms with E-state index in [0.29, 0.717) is 35.1 Å². The molecule has 2 aromatic heterocycles. The third-order valence-electron chi connectivity index (χ3n) is 3.59. The zero-order valence-electron chi connectivity index (χ0n) is 14.6. The van der Waals surface area contributed by atoms with Crippen molar-refractivity contribution in [3.05, 3.63) is 24.4 Å². The second kappa shape index (κ2) is 10.1. The van der Waals surface area contributed by atoms with Gasteiger partial charge < -0.3 is 5.73 Å². The largest absolute Gasteiger partial charge is 0.330 e. The van der Waals surface area contributed by atoms with E-state index in [-0.39, 0.29) is 10.6 Å². The molecule has 2 aromatic rings. The van der Waals surface area contributed by atoms with Gasteiger partial charge in [-0.1, -0.05) is 18.2 Å². The first-order valence-corrected chi connectivity index (χ1v) is 11.6. The van der Waals surface area contributed by atoms with Crippen LogP contribution in [0.4, 0.5) is 0 Å². The summed E-state index contributed by atoms with van der Waals surface area (Å²) in [6.07, 6.45) is 4.88. The Labute approximate surface area is 165 Å². The van der Waals surface area contributed by atoms with Crippen LogP contribution in [0.25, 0.3) is 10.6 Å². The number of nitrogens with two attached hydrogens (primary N) is 1. The van der Waals surface area contributed by atoms with Crippen molar-refractivity contribution in [3.63, 3.8) is 0 Å². The number of hydrogen-bond donors (Lipinski definition) is 4. The van der Waals surface area contributed by atoms with Gasteiger partial charge in [-0.25, -0.2) is 23.9 Å². The van der Waals surface area contributed by atoms with Gasteiger partial charge in [0, 0.05) is 6.20 Å². The summed E-state index contributed by atoms with van der Waals surface area (Å²) in [7, 11) is -3.94. The number of sulfonamides is 1. The fourth-order valence-electron chi connectivity index (χ4n) is 2.24. The molecule has 12 heteroatoms. The lowest BCUT2D eigenvalue weighted by Crippen LogP contribution is -2.45. The molecule has 0 radical (unpaired) electrons. The number of thioether (sulfide) groups is 1. The smallest absolute Gasteiger partial charge is 0.261 e. The summed E-state index contributed by atoms with van der Waals surface area (Å²) in [5.74, 6) is -0.812. The number of rotatable bonds is 10. The highest BCUT2D eigenvalue weighted by molar-refractivity contribution is 7.98. The Morgan fingerprint density at radius 1 is 1.37 bits per heavy atom. The molecule has 2 rings (SSSR count). The van der Waals surface area contributed by atoms with Crippen molar-refractivity contribution < 1.29 is 18.4 Å². The number of aromatic nitrogens is 2. The van der Waals surface area contributed by atoms with E-state index >= 15 is 0 Å². The highest BCUT2D eigenvalue weighted by Crippen LogP contribution is 2.30. The molecule has 0 fully saturated rings. The van der Waals surface area contributed by atoms with Gasteiger partial charge in [-0.15, -0.1) is 11.3 Å². The highest BCUT2D eigenvalue weighted by Gasteiger charge is 2.26. The maximum absolute atomic E-state index is 12.6. The van der Waals surface area contributed by atoms with Crippen LogP contribution in [0.3, 0.4) is 0 Å². The lowest BCUT2D eigenvalue weighted by molar-refractivity contribution is -0.131. The Morgan fingerprint density at radius 2 is 2.15 bits per heavy atom. The molecule has 0 aliphatic carbocycles. The van der Waals surface area contributed by atoms with Crippen molar-refractivity contribution in [2.45, 2.75) is 34.7 Å². The van der Waals surface area contributed by atoms with E-state index in [9.17, 15) is 13.2 Å². The van der Waals surface area contributed by atoms with E-state index in [1.54, 1.807) is 18.3 Å². The van der Waals surface area contributed by atoms with E-state index in [1.165, 1.54) is 23.3 Å². The molecule has 1 amide bonds. The monoisotopic (exact) mass is 431 g/mol. The average molecular weight is 432 g/mol. The molecule has 0 spiro atoms. The van der Waals surface area contributed by atoms with Gasteiger partial charge in [0.1, 0.15) is 10.3 Å². The number of hydrogen-bond acceptors (Lipinski definition) is 9. The topological polar surface area (TPSA) is 147 Å². The van der Waals surface area contributed by atoms with Gasteiger partial charge in [0.2, 0.25) is 0 Å². The number of hydroxylamine groups is 1. The maximum Gasteiger partial charge on any atom is 0.261 e. The zero-order chi connectivity index (χ0) is 19.9. The van der Waals surface area contributed by atoms with E-state index in [0.717, 1.165) is 11.3 Å². The summed E-state index contributed by atoms with van der Waals surface area (Å²) in [6, 6.07) is 3.72. The predicted molar refractivity (Wildman–Crippen MR) is 104 cm³/mol. The Kier molecular flexibility index (Phi) is 8.13. The summed E-state index contributed by atoms with van der Waals surface area (Å²) in [5, 5.41) is 9.44. The normalized spacial score (nSPS) is 12.7. The zero-order valence-corrected chi connectivity index (χ0v) is 17.0. The molecule has 148 valence electrons. The summed E-state index contributed by atoms with van der Waals surface area (Å²) < 4.78 is 27.7. The summed E-state index contributed by atoms with van der Waals surface area (Å²) in [5.41, 5.74) is 7.54. The van der Waals surface area contributed by atoms with Crippen LogP contribution in [0.1, 0.15) is 19.3 Å². The SMILES string of the molecule is CSc1nccc(-c2ccc(S(=O)(=O)NC(CCCCN)C(=O)NO)s2)n1. The molecule has 0 aromatic carbocycles. The van der Waals surface area contributed by atoms with Crippen LogP contribution in [-0.2, 0) is 14.8 Å².